The minimum absolute atomic E-state index is 0.244. The first-order valence-corrected chi connectivity index (χ1v) is 7.02. The van der Waals surface area contributed by atoms with E-state index >= 15 is 0 Å². The van der Waals surface area contributed by atoms with Crippen LogP contribution in [0.2, 0.25) is 0 Å². The van der Waals surface area contributed by atoms with Crippen molar-refractivity contribution in [3.63, 3.8) is 0 Å². The maximum atomic E-state index is 12.0. The Labute approximate surface area is 110 Å². The van der Waals surface area contributed by atoms with E-state index in [0.29, 0.717) is 30.3 Å². The van der Waals surface area contributed by atoms with Crippen molar-refractivity contribution < 1.29 is 4.79 Å². The summed E-state index contributed by atoms with van der Waals surface area (Å²) in [6.07, 6.45) is 9.01. The SMILES string of the molecule is CN(CCC(N)=S)C(=O)CC1CCCCCC1. The molecule has 0 unspecified atom stereocenters. The van der Waals surface area contributed by atoms with Crippen LogP contribution in [0.1, 0.15) is 51.4 Å². The van der Waals surface area contributed by atoms with E-state index in [1.54, 1.807) is 4.90 Å². The van der Waals surface area contributed by atoms with E-state index < -0.39 is 0 Å². The second kappa shape index (κ2) is 7.64. The molecule has 0 aromatic rings. The molecule has 17 heavy (non-hydrogen) atoms. The fraction of sp³-hybridized carbons (Fsp3) is 0.846. The summed E-state index contributed by atoms with van der Waals surface area (Å²) in [5.41, 5.74) is 5.44. The summed E-state index contributed by atoms with van der Waals surface area (Å²) in [7, 11) is 1.84. The van der Waals surface area contributed by atoms with Crippen LogP contribution in [0, 0.1) is 5.92 Å². The summed E-state index contributed by atoms with van der Waals surface area (Å²) in [6.45, 7) is 0.654. The number of carbonyl (C=O) groups excluding carboxylic acids is 1. The second-order valence-corrected chi connectivity index (χ2v) is 5.62. The zero-order valence-corrected chi connectivity index (χ0v) is 11.6. The van der Waals surface area contributed by atoms with Crippen molar-refractivity contribution in [2.45, 2.75) is 51.4 Å². The largest absolute Gasteiger partial charge is 0.393 e. The van der Waals surface area contributed by atoms with Crippen molar-refractivity contribution >= 4 is 23.1 Å². The summed E-state index contributed by atoms with van der Waals surface area (Å²) in [4.78, 5) is 14.2. The fourth-order valence-electron chi connectivity index (χ4n) is 2.37. The van der Waals surface area contributed by atoms with Crippen LogP contribution in [-0.4, -0.2) is 29.4 Å². The third-order valence-electron chi connectivity index (χ3n) is 3.56. The molecule has 0 aliphatic heterocycles. The summed E-state index contributed by atoms with van der Waals surface area (Å²) in [5.74, 6) is 0.838. The third-order valence-corrected chi connectivity index (χ3v) is 3.76. The number of hydrogen-bond donors (Lipinski definition) is 1. The monoisotopic (exact) mass is 256 g/mol. The average molecular weight is 256 g/mol. The molecule has 0 spiro atoms. The van der Waals surface area contributed by atoms with Gasteiger partial charge in [-0.1, -0.05) is 37.9 Å². The second-order valence-electron chi connectivity index (χ2n) is 5.09. The van der Waals surface area contributed by atoms with Gasteiger partial charge in [0.05, 0.1) is 4.99 Å². The van der Waals surface area contributed by atoms with Crippen LogP contribution in [0.3, 0.4) is 0 Å². The Morgan fingerprint density at radius 3 is 2.41 bits per heavy atom. The summed E-state index contributed by atoms with van der Waals surface area (Å²) < 4.78 is 0. The lowest BCUT2D eigenvalue weighted by Crippen LogP contribution is -2.31. The van der Waals surface area contributed by atoms with Gasteiger partial charge in [-0.25, -0.2) is 0 Å². The van der Waals surface area contributed by atoms with E-state index in [-0.39, 0.29) is 5.91 Å². The summed E-state index contributed by atoms with van der Waals surface area (Å²) in [6, 6.07) is 0. The first kappa shape index (κ1) is 14.4. The van der Waals surface area contributed by atoms with Gasteiger partial charge in [0, 0.05) is 26.4 Å². The molecule has 0 saturated heterocycles. The minimum Gasteiger partial charge on any atom is -0.393 e. The zero-order valence-electron chi connectivity index (χ0n) is 10.8. The topological polar surface area (TPSA) is 46.3 Å². The van der Waals surface area contributed by atoms with Gasteiger partial charge in [0.15, 0.2) is 0 Å². The van der Waals surface area contributed by atoms with E-state index in [2.05, 4.69) is 0 Å². The number of carbonyl (C=O) groups is 1. The third kappa shape index (κ3) is 6.01. The van der Waals surface area contributed by atoms with Crippen LogP contribution in [0.25, 0.3) is 0 Å². The van der Waals surface area contributed by atoms with Gasteiger partial charge in [0.1, 0.15) is 0 Å². The molecule has 1 saturated carbocycles. The first-order valence-electron chi connectivity index (χ1n) is 6.62. The quantitative estimate of drug-likeness (QED) is 0.607. The van der Waals surface area contributed by atoms with Crippen molar-refractivity contribution in [3.05, 3.63) is 0 Å². The van der Waals surface area contributed by atoms with Crippen LogP contribution in [0.5, 0.6) is 0 Å². The number of nitrogens with zero attached hydrogens (tertiary/aromatic N) is 1. The van der Waals surface area contributed by atoms with Gasteiger partial charge in [0.2, 0.25) is 5.91 Å². The molecule has 1 aliphatic rings. The molecule has 0 aromatic heterocycles. The number of rotatable bonds is 5. The Balaban J connectivity index is 2.28. The van der Waals surface area contributed by atoms with Crippen molar-refractivity contribution in [1.29, 1.82) is 0 Å². The number of hydrogen-bond acceptors (Lipinski definition) is 2. The van der Waals surface area contributed by atoms with Crippen molar-refractivity contribution in [2.24, 2.45) is 11.7 Å². The molecule has 0 bridgehead atoms. The van der Waals surface area contributed by atoms with Crippen LogP contribution < -0.4 is 5.73 Å². The highest BCUT2D eigenvalue weighted by Crippen LogP contribution is 2.25. The van der Waals surface area contributed by atoms with E-state index in [9.17, 15) is 4.79 Å². The molecule has 1 rings (SSSR count). The molecule has 1 fully saturated rings. The highest BCUT2D eigenvalue weighted by Gasteiger charge is 2.18. The lowest BCUT2D eigenvalue weighted by Gasteiger charge is -2.20. The summed E-state index contributed by atoms with van der Waals surface area (Å²) in [5, 5.41) is 0. The van der Waals surface area contributed by atoms with Gasteiger partial charge in [-0.2, -0.15) is 0 Å². The van der Waals surface area contributed by atoms with Gasteiger partial charge in [-0.15, -0.1) is 0 Å². The number of amides is 1. The van der Waals surface area contributed by atoms with E-state index in [0.717, 1.165) is 0 Å². The fourth-order valence-corrected chi connectivity index (χ4v) is 2.46. The van der Waals surface area contributed by atoms with Gasteiger partial charge in [-0.3, -0.25) is 4.79 Å². The molecule has 0 atom stereocenters. The zero-order chi connectivity index (χ0) is 12.7. The van der Waals surface area contributed by atoms with Gasteiger partial charge in [0.25, 0.3) is 0 Å². The maximum absolute atomic E-state index is 12.0. The van der Waals surface area contributed by atoms with Crippen molar-refractivity contribution in [3.8, 4) is 0 Å². The minimum atomic E-state index is 0.244. The highest BCUT2D eigenvalue weighted by molar-refractivity contribution is 7.80. The van der Waals surface area contributed by atoms with Crippen LogP contribution in [0.4, 0.5) is 0 Å². The van der Waals surface area contributed by atoms with Crippen LogP contribution in [0.15, 0.2) is 0 Å². The molecule has 1 amide bonds. The molecule has 2 N–H and O–H groups in total. The lowest BCUT2D eigenvalue weighted by atomic mass is 9.96. The van der Waals surface area contributed by atoms with Gasteiger partial charge in [-0.05, 0) is 18.8 Å². The molecular weight excluding hydrogens is 232 g/mol. The van der Waals surface area contributed by atoms with Crippen molar-refractivity contribution in [1.82, 2.24) is 4.90 Å². The average Bonchev–Trinajstić information content (AvgIpc) is 2.54. The number of nitrogens with two attached hydrogens (primary N) is 1. The molecular formula is C13H24N2OS. The Morgan fingerprint density at radius 2 is 1.88 bits per heavy atom. The van der Waals surface area contributed by atoms with Gasteiger partial charge < -0.3 is 10.6 Å². The Kier molecular flexibility index (Phi) is 6.48. The first-order chi connectivity index (χ1) is 8.09. The van der Waals surface area contributed by atoms with Crippen LogP contribution in [-0.2, 0) is 4.79 Å². The standard InChI is InChI=1S/C13H24N2OS/c1-15(9-8-12(14)17)13(16)10-11-6-4-2-3-5-7-11/h11H,2-10H2,1H3,(H2,14,17). The molecule has 0 radical (unpaired) electrons. The molecule has 0 aromatic carbocycles. The predicted molar refractivity (Wildman–Crippen MR) is 74.8 cm³/mol. The Hall–Kier alpha value is -0.640. The molecule has 4 heteroatoms. The normalized spacial score (nSPS) is 17.5. The molecule has 98 valence electrons. The predicted octanol–water partition coefficient (Wildman–Crippen LogP) is 2.48. The maximum Gasteiger partial charge on any atom is 0.222 e. The summed E-state index contributed by atoms with van der Waals surface area (Å²) >= 11 is 4.82. The molecule has 1 aliphatic carbocycles. The smallest absolute Gasteiger partial charge is 0.222 e. The molecule has 3 nitrogen and oxygen atoms in total. The highest BCUT2D eigenvalue weighted by atomic mass is 32.1. The lowest BCUT2D eigenvalue weighted by molar-refractivity contribution is -0.130. The van der Waals surface area contributed by atoms with E-state index in [4.69, 9.17) is 18.0 Å². The van der Waals surface area contributed by atoms with Crippen molar-refractivity contribution in [2.75, 3.05) is 13.6 Å². The van der Waals surface area contributed by atoms with Crippen LogP contribution >= 0.6 is 12.2 Å². The number of thiocarbonyl (C=S) groups is 1. The molecule has 0 heterocycles. The van der Waals surface area contributed by atoms with E-state index in [1.165, 1.54) is 38.5 Å². The Morgan fingerprint density at radius 1 is 1.29 bits per heavy atom. The van der Waals surface area contributed by atoms with E-state index in [1.807, 2.05) is 7.05 Å². The van der Waals surface area contributed by atoms with Gasteiger partial charge >= 0.3 is 0 Å². The Bertz CT molecular complexity index is 260.